The SMILES string of the molecule is CN(c1nncs1)C(C)(C)CBr. The number of hydrogen-bond donors (Lipinski definition) is 0. The van der Waals surface area contributed by atoms with Gasteiger partial charge in [0.25, 0.3) is 0 Å². The summed E-state index contributed by atoms with van der Waals surface area (Å²) in [6.07, 6.45) is 0. The number of halogens is 1. The van der Waals surface area contributed by atoms with Crippen molar-refractivity contribution in [2.45, 2.75) is 19.4 Å². The molecule has 0 saturated carbocycles. The number of alkyl halides is 1. The van der Waals surface area contributed by atoms with Crippen LogP contribution in [0, 0.1) is 0 Å². The summed E-state index contributed by atoms with van der Waals surface area (Å²) in [7, 11) is 2.03. The highest BCUT2D eigenvalue weighted by Crippen LogP contribution is 2.24. The van der Waals surface area contributed by atoms with E-state index < -0.39 is 0 Å². The van der Waals surface area contributed by atoms with Gasteiger partial charge >= 0.3 is 0 Å². The van der Waals surface area contributed by atoms with Crippen molar-refractivity contribution in [3.63, 3.8) is 0 Å². The Labute approximate surface area is 84.9 Å². The van der Waals surface area contributed by atoms with E-state index in [1.165, 1.54) is 0 Å². The topological polar surface area (TPSA) is 29.0 Å². The van der Waals surface area contributed by atoms with E-state index in [0.29, 0.717) is 0 Å². The van der Waals surface area contributed by atoms with Gasteiger partial charge in [0.2, 0.25) is 5.13 Å². The predicted octanol–water partition coefficient (Wildman–Crippen LogP) is 2.15. The second kappa shape index (κ2) is 3.70. The molecule has 1 aromatic heterocycles. The lowest BCUT2D eigenvalue weighted by atomic mass is 10.1. The minimum atomic E-state index is 0.0829. The molecule has 0 aromatic carbocycles. The van der Waals surface area contributed by atoms with Crippen LogP contribution in [0.25, 0.3) is 0 Å². The quantitative estimate of drug-likeness (QED) is 0.770. The molecule has 12 heavy (non-hydrogen) atoms. The Morgan fingerprint density at radius 1 is 1.67 bits per heavy atom. The highest BCUT2D eigenvalue weighted by Gasteiger charge is 2.23. The van der Waals surface area contributed by atoms with Crippen molar-refractivity contribution in [2.24, 2.45) is 0 Å². The smallest absolute Gasteiger partial charge is 0.208 e. The van der Waals surface area contributed by atoms with E-state index in [4.69, 9.17) is 0 Å². The van der Waals surface area contributed by atoms with Gasteiger partial charge in [-0.1, -0.05) is 27.3 Å². The molecule has 0 aliphatic carbocycles. The largest absolute Gasteiger partial charge is 0.344 e. The zero-order valence-corrected chi connectivity index (χ0v) is 9.81. The van der Waals surface area contributed by atoms with E-state index in [1.807, 2.05) is 7.05 Å². The van der Waals surface area contributed by atoms with E-state index in [9.17, 15) is 0 Å². The molecule has 0 aliphatic rings. The van der Waals surface area contributed by atoms with Crippen molar-refractivity contribution in [3.05, 3.63) is 5.51 Å². The lowest BCUT2D eigenvalue weighted by Crippen LogP contribution is -2.42. The van der Waals surface area contributed by atoms with Crippen molar-refractivity contribution >= 4 is 32.4 Å². The fourth-order valence-electron chi connectivity index (χ4n) is 0.662. The lowest BCUT2D eigenvalue weighted by molar-refractivity contribution is 0.549. The van der Waals surface area contributed by atoms with Crippen LogP contribution in [0.2, 0.25) is 0 Å². The summed E-state index contributed by atoms with van der Waals surface area (Å²) < 4.78 is 0. The molecule has 1 heterocycles. The first-order valence-electron chi connectivity index (χ1n) is 3.64. The number of nitrogens with zero attached hydrogens (tertiary/aromatic N) is 3. The summed E-state index contributed by atoms with van der Waals surface area (Å²) >= 11 is 5.03. The van der Waals surface area contributed by atoms with Crippen LogP contribution in [0.3, 0.4) is 0 Å². The van der Waals surface area contributed by atoms with Gasteiger partial charge in [-0.25, -0.2) is 0 Å². The molecule has 0 radical (unpaired) electrons. The maximum absolute atomic E-state index is 4.00. The number of anilines is 1. The summed E-state index contributed by atoms with van der Waals surface area (Å²) in [5.74, 6) is 0. The molecule has 3 nitrogen and oxygen atoms in total. The molecule has 0 spiro atoms. The molecule has 1 aromatic rings. The minimum Gasteiger partial charge on any atom is -0.344 e. The summed E-state index contributed by atoms with van der Waals surface area (Å²) in [6.45, 7) is 4.31. The van der Waals surface area contributed by atoms with Gasteiger partial charge in [-0.15, -0.1) is 10.2 Å². The van der Waals surface area contributed by atoms with Crippen molar-refractivity contribution in [1.29, 1.82) is 0 Å². The van der Waals surface area contributed by atoms with Crippen LogP contribution in [0.15, 0.2) is 5.51 Å². The Morgan fingerprint density at radius 3 is 2.75 bits per heavy atom. The van der Waals surface area contributed by atoms with Gasteiger partial charge in [-0.3, -0.25) is 0 Å². The number of hydrogen-bond acceptors (Lipinski definition) is 4. The number of aromatic nitrogens is 2. The standard InChI is InChI=1S/C7H12BrN3S/c1-7(2,4-8)11(3)6-10-9-5-12-6/h5H,4H2,1-3H3. The molecule has 0 bridgehead atoms. The van der Waals surface area contributed by atoms with Gasteiger partial charge in [0, 0.05) is 17.9 Å². The molecular formula is C7H12BrN3S. The predicted molar refractivity (Wildman–Crippen MR) is 56.2 cm³/mol. The van der Waals surface area contributed by atoms with Crippen molar-refractivity contribution < 1.29 is 0 Å². The molecule has 0 fully saturated rings. The Hall–Kier alpha value is -0.160. The molecule has 0 N–H and O–H groups in total. The van der Waals surface area contributed by atoms with Crippen molar-refractivity contribution in [2.75, 3.05) is 17.3 Å². The highest BCUT2D eigenvalue weighted by molar-refractivity contribution is 9.09. The molecule has 0 aliphatic heterocycles. The number of rotatable bonds is 3. The maximum atomic E-state index is 4.00. The average molecular weight is 250 g/mol. The molecule has 68 valence electrons. The second-order valence-electron chi connectivity index (χ2n) is 3.23. The normalized spacial score (nSPS) is 11.7. The maximum Gasteiger partial charge on any atom is 0.208 e. The van der Waals surface area contributed by atoms with Gasteiger partial charge in [0.15, 0.2) is 0 Å². The first-order chi connectivity index (χ1) is 5.58. The Balaban J connectivity index is 2.78. The third-order valence-electron chi connectivity index (χ3n) is 1.87. The zero-order chi connectivity index (χ0) is 9.19. The van der Waals surface area contributed by atoms with Gasteiger partial charge < -0.3 is 4.90 Å². The molecule has 5 heteroatoms. The lowest BCUT2D eigenvalue weighted by Gasteiger charge is -2.33. The van der Waals surface area contributed by atoms with Crippen LogP contribution in [0.5, 0.6) is 0 Å². The molecule has 0 saturated heterocycles. The van der Waals surface area contributed by atoms with Crippen molar-refractivity contribution in [3.8, 4) is 0 Å². The monoisotopic (exact) mass is 249 g/mol. The van der Waals surface area contributed by atoms with Crippen LogP contribution in [-0.4, -0.2) is 28.1 Å². The minimum absolute atomic E-state index is 0.0829. The van der Waals surface area contributed by atoms with Gasteiger partial charge in [-0.05, 0) is 13.8 Å². The van der Waals surface area contributed by atoms with E-state index in [2.05, 4.69) is 44.9 Å². The average Bonchev–Trinajstić information content (AvgIpc) is 2.55. The third-order valence-corrected chi connectivity index (χ3v) is 4.01. The Morgan fingerprint density at radius 2 is 2.33 bits per heavy atom. The fourth-order valence-corrected chi connectivity index (χ4v) is 1.73. The van der Waals surface area contributed by atoms with Crippen LogP contribution in [0.4, 0.5) is 5.13 Å². The molecule has 0 amide bonds. The summed E-state index contributed by atoms with van der Waals surface area (Å²) in [5.41, 5.74) is 1.83. The van der Waals surface area contributed by atoms with Gasteiger partial charge in [-0.2, -0.15) is 0 Å². The van der Waals surface area contributed by atoms with E-state index in [-0.39, 0.29) is 5.54 Å². The van der Waals surface area contributed by atoms with Crippen LogP contribution in [-0.2, 0) is 0 Å². The van der Waals surface area contributed by atoms with Crippen molar-refractivity contribution in [1.82, 2.24) is 10.2 Å². The van der Waals surface area contributed by atoms with Crippen LogP contribution in [0.1, 0.15) is 13.8 Å². The van der Waals surface area contributed by atoms with E-state index >= 15 is 0 Å². The Bertz CT molecular complexity index is 235. The third kappa shape index (κ3) is 1.95. The van der Waals surface area contributed by atoms with Crippen LogP contribution >= 0.6 is 27.3 Å². The molecular weight excluding hydrogens is 238 g/mol. The fraction of sp³-hybridized carbons (Fsp3) is 0.714. The van der Waals surface area contributed by atoms with E-state index in [1.54, 1.807) is 16.8 Å². The Kier molecular flexibility index (Phi) is 3.06. The first kappa shape index (κ1) is 9.92. The van der Waals surface area contributed by atoms with Gasteiger partial charge in [0.05, 0.1) is 0 Å². The molecule has 0 unspecified atom stereocenters. The first-order valence-corrected chi connectivity index (χ1v) is 5.64. The summed E-state index contributed by atoms with van der Waals surface area (Å²) in [4.78, 5) is 2.12. The van der Waals surface area contributed by atoms with Crippen LogP contribution < -0.4 is 4.90 Å². The van der Waals surface area contributed by atoms with Gasteiger partial charge in [0.1, 0.15) is 5.51 Å². The molecule has 1 rings (SSSR count). The molecule has 0 atom stereocenters. The zero-order valence-electron chi connectivity index (χ0n) is 7.41. The summed E-state index contributed by atoms with van der Waals surface area (Å²) in [5, 5.41) is 9.68. The highest BCUT2D eigenvalue weighted by atomic mass is 79.9. The van der Waals surface area contributed by atoms with E-state index in [0.717, 1.165) is 10.5 Å². The second-order valence-corrected chi connectivity index (χ2v) is 4.60. The summed E-state index contributed by atoms with van der Waals surface area (Å²) in [6, 6.07) is 0.